The van der Waals surface area contributed by atoms with Crippen LogP contribution in [-0.4, -0.2) is 14.8 Å². The number of alkyl halides is 1. The monoisotopic (exact) mass is 302 g/mol. The molecule has 3 rings (SSSR count). The molecule has 4 nitrogen and oxygen atoms in total. The number of aromatic nitrogens is 3. The fraction of sp³-hybridized carbons (Fsp3) is 0.0667. The van der Waals surface area contributed by atoms with Gasteiger partial charge in [0.2, 0.25) is 0 Å². The average molecular weight is 303 g/mol. The highest BCUT2D eigenvalue weighted by Crippen LogP contribution is 2.24. The predicted molar refractivity (Wildman–Crippen MR) is 80.7 cm³/mol. The van der Waals surface area contributed by atoms with Crippen molar-refractivity contribution in [2.45, 2.75) is 5.88 Å². The van der Waals surface area contributed by atoms with E-state index in [0.29, 0.717) is 17.3 Å². The number of hydrogen-bond acceptors (Lipinski definition) is 3. The van der Waals surface area contributed by atoms with Crippen LogP contribution < -0.4 is 5.73 Å². The molecule has 0 saturated heterocycles. The zero-order valence-electron chi connectivity index (χ0n) is 11.0. The summed E-state index contributed by atoms with van der Waals surface area (Å²) in [6, 6.07) is 13.4. The van der Waals surface area contributed by atoms with Gasteiger partial charge in [-0.25, -0.2) is 4.39 Å². The normalized spacial score (nSPS) is 10.8. The van der Waals surface area contributed by atoms with Crippen LogP contribution >= 0.6 is 11.6 Å². The minimum Gasteiger partial charge on any atom is -0.399 e. The van der Waals surface area contributed by atoms with Crippen LogP contribution in [-0.2, 0) is 5.88 Å². The van der Waals surface area contributed by atoms with E-state index in [1.54, 1.807) is 28.8 Å². The number of nitrogens with zero attached hydrogens (tertiary/aromatic N) is 3. The van der Waals surface area contributed by atoms with Crippen molar-refractivity contribution in [2.24, 2.45) is 0 Å². The third-order valence-corrected chi connectivity index (χ3v) is 3.34. The molecule has 3 aromatic rings. The number of anilines is 1. The lowest BCUT2D eigenvalue weighted by atomic mass is 10.2. The van der Waals surface area contributed by atoms with Gasteiger partial charge in [0.25, 0.3) is 0 Å². The summed E-state index contributed by atoms with van der Waals surface area (Å²) < 4.78 is 14.9. The maximum atomic E-state index is 13.1. The first kappa shape index (κ1) is 13.6. The highest BCUT2D eigenvalue weighted by atomic mass is 35.5. The lowest BCUT2D eigenvalue weighted by molar-refractivity contribution is 0.627. The third kappa shape index (κ3) is 2.60. The molecule has 0 amide bonds. The van der Waals surface area contributed by atoms with Crippen molar-refractivity contribution < 1.29 is 4.39 Å². The molecule has 0 bridgehead atoms. The molecule has 106 valence electrons. The second-order valence-corrected chi connectivity index (χ2v) is 4.77. The van der Waals surface area contributed by atoms with E-state index in [1.165, 1.54) is 12.1 Å². The van der Waals surface area contributed by atoms with E-state index in [0.717, 1.165) is 11.3 Å². The van der Waals surface area contributed by atoms with Crippen LogP contribution in [0.4, 0.5) is 10.1 Å². The Kier molecular flexibility index (Phi) is 3.58. The maximum Gasteiger partial charge on any atom is 0.168 e. The molecule has 0 unspecified atom stereocenters. The molecule has 1 aromatic heterocycles. The van der Waals surface area contributed by atoms with E-state index in [2.05, 4.69) is 10.2 Å². The SMILES string of the molecule is Nc1ccc(-c2nnc(CCl)n2-c2ccc(F)cc2)cc1. The molecule has 0 aliphatic heterocycles. The number of rotatable bonds is 3. The summed E-state index contributed by atoms with van der Waals surface area (Å²) >= 11 is 5.92. The molecular weight excluding hydrogens is 291 g/mol. The number of halogens is 2. The Bertz CT molecular complexity index is 750. The van der Waals surface area contributed by atoms with Gasteiger partial charge in [-0.15, -0.1) is 21.8 Å². The molecule has 6 heteroatoms. The first-order chi connectivity index (χ1) is 10.2. The Morgan fingerprint density at radius 1 is 1.00 bits per heavy atom. The zero-order valence-corrected chi connectivity index (χ0v) is 11.8. The molecule has 0 aliphatic carbocycles. The van der Waals surface area contributed by atoms with Crippen LogP contribution in [0.15, 0.2) is 48.5 Å². The summed E-state index contributed by atoms with van der Waals surface area (Å²) in [5.41, 5.74) is 7.98. The Hall–Kier alpha value is -2.40. The van der Waals surface area contributed by atoms with Crippen molar-refractivity contribution in [3.63, 3.8) is 0 Å². The van der Waals surface area contributed by atoms with Crippen molar-refractivity contribution in [2.75, 3.05) is 5.73 Å². The molecule has 0 radical (unpaired) electrons. The van der Waals surface area contributed by atoms with Crippen LogP contribution in [0.5, 0.6) is 0 Å². The Morgan fingerprint density at radius 3 is 2.29 bits per heavy atom. The highest BCUT2D eigenvalue weighted by Gasteiger charge is 2.14. The van der Waals surface area contributed by atoms with Crippen LogP contribution in [0.3, 0.4) is 0 Å². The van der Waals surface area contributed by atoms with Crippen molar-refractivity contribution in [3.8, 4) is 17.1 Å². The minimum absolute atomic E-state index is 0.208. The van der Waals surface area contributed by atoms with Crippen molar-refractivity contribution in [3.05, 3.63) is 60.2 Å². The molecule has 2 aromatic carbocycles. The van der Waals surface area contributed by atoms with Gasteiger partial charge in [-0.1, -0.05) is 0 Å². The largest absolute Gasteiger partial charge is 0.399 e. The van der Waals surface area contributed by atoms with E-state index in [1.807, 2.05) is 12.1 Å². The Labute approximate surface area is 126 Å². The highest BCUT2D eigenvalue weighted by molar-refractivity contribution is 6.16. The molecule has 0 atom stereocenters. The number of nitrogen functional groups attached to an aromatic ring is 1. The standard InChI is InChI=1S/C15H12ClFN4/c16-9-14-19-20-15(10-1-5-12(18)6-2-10)21(14)13-7-3-11(17)4-8-13/h1-8H,9,18H2. The first-order valence-electron chi connectivity index (χ1n) is 6.31. The fourth-order valence-electron chi connectivity index (χ4n) is 2.08. The molecule has 21 heavy (non-hydrogen) atoms. The van der Waals surface area contributed by atoms with Crippen molar-refractivity contribution in [1.82, 2.24) is 14.8 Å². The fourth-order valence-corrected chi connectivity index (χ4v) is 2.26. The van der Waals surface area contributed by atoms with Crippen molar-refractivity contribution >= 4 is 17.3 Å². The molecule has 0 aliphatic rings. The summed E-state index contributed by atoms with van der Waals surface area (Å²) in [5.74, 6) is 1.14. The second kappa shape index (κ2) is 5.54. The van der Waals surface area contributed by atoms with Crippen LogP contribution in [0, 0.1) is 5.82 Å². The van der Waals surface area contributed by atoms with E-state index < -0.39 is 0 Å². The van der Waals surface area contributed by atoms with E-state index in [9.17, 15) is 4.39 Å². The first-order valence-corrected chi connectivity index (χ1v) is 6.84. The van der Waals surface area contributed by atoms with E-state index in [-0.39, 0.29) is 11.7 Å². The topological polar surface area (TPSA) is 56.7 Å². The smallest absolute Gasteiger partial charge is 0.168 e. The van der Waals surface area contributed by atoms with Crippen molar-refractivity contribution in [1.29, 1.82) is 0 Å². The number of nitrogens with two attached hydrogens (primary N) is 1. The van der Waals surface area contributed by atoms with Gasteiger partial charge in [0.1, 0.15) is 5.82 Å². The molecule has 0 fully saturated rings. The predicted octanol–water partition coefficient (Wildman–Crippen LogP) is 3.39. The van der Waals surface area contributed by atoms with Gasteiger partial charge >= 0.3 is 0 Å². The van der Waals surface area contributed by atoms with Gasteiger partial charge in [0.15, 0.2) is 11.6 Å². The van der Waals surface area contributed by atoms with Gasteiger partial charge in [-0.3, -0.25) is 4.57 Å². The summed E-state index contributed by atoms with van der Waals surface area (Å²) in [5, 5.41) is 8.27. The van der Waals surface area contributed by atoms with Crippen LogP contribution in [0.25, 0.3) is 17.1 Å². The second-order valence-electron chi connectivity index (χ2n) is 4.51. The lowest BCUT2D eigenvalue weighted by Crippen LogP contribution is -2.02. The van der Waals surface area contributed by atoms with Gasteiger partial charge < -0.3 is 5.73 Å². The molecule has 1 heterocycles. The van der Waals surface area contributed by atoms with Gasteiger partial charge in [0.05, 0.1) is 5.88 Å². The zero-order chi connectivity index (χ0) is 14.8. The summed E-state index contributed by atoms with van der Waals surface area (Å²) in [6.07, 6.45) is 0. The third-order valence-electron chi connectivity index (χ3n) is 3.10. The molecule has 0 saturated carbocycles. The average Bonchev–Trinajstić information content (AvgIpc) is 2.93. The number of benzene rings is 2. The lowest BCUT2D eigenvalue weighted by Gasteiger charge is -2.09. The Morgan fingerprint density at radius 2 is 1.67 bits per heavy atom. The van der Waals surface area contributed by atoms with Gasteiger partial charge in [-0.2, -0.15) is 0 Å². The van der Waals surface area contributed by atoms with Crippen LogP contribution in [0.2, 0.25) is 0 Å². The quantitative estimate of drug-likeness (QED) is 0.596. The summed E-state index contributed by atoms with van der Waals surface area (Å²) in [4.78, 5) is 0. The molecular formula is C15H12ClFN4. The summed E-state index contributed by atoms with van der Waals surface area (Å²) in [6.45, 7) is 0. The summed E-state index contributed by atoms with van der Waals surface area (Å²) in [7, 11) is 0. The minimum atomic E-state index is -0.298. The number of hydrogen-bond donors (Lipinski definition) is 1. The molecule has 2 N–H and O–H groups in total. The van der Waals surface area contributed by atoms with Gasteiger partial charge in [0, 0.05) is 16.9 Å². The Balaban J connectivity index is 2.16. The molecule has 0 spiro atoms. The van der Waals surface area contributed by atoms with E-state index >= 15 is 0 Å². The van der Waals surface area contributed by atoms with Gasteiger partial charge in [-0.05, 0) is 48.5 Å². The van der Waals surface area contributed by atoms with E-state index in [4.69, 9.17) is 17.3 Å². The van der Waals surface area contributed by atoms with Crippen LogP contribution in [0.1, 0.15) is 5.82 Å². The maximum absolute atomic E-state index is 13.1.